The van der Waals surface area contributed by atoms with Gasteiger partial charge in [0.05, 0.1) is 0 Å². The maximum absolute atomic E-state index is 11.1. The van der Waals surface area contributed by atoms with Crippen molar-refractivity contribution in [2.75, 3.05) is 0 Å². The molecule has 0 saturated carbocycles. The summed E-state index contributed by atoms with van der Waals surface area (Å²) >= 11 is 5.76. The number of H-pyrrole nitrogens is 2. The van der Waals surface area contributed by atoms with Gasteiger partial charge in [-0.25, -0.2) is 0 Å². The van der Waals surface area contributed by atoms with Crippen LogP contribution in [0.4, 0.5) is 0 Å². The number of benzene rings is 1. The van der Waals surface area contributed by atoms with E-state index in [1.807, 2.05) is 12.1 Å². The van der Waals surface area contributed by atoms with Crippen molar-refractivity contribution in [3.8, 4) is 0 Å². The molecule has 5 heteroatoms. The number of halogens is 1. The summed E-state index contributed by atoms with van der Waals surface area (Å²) in [5.41, 5.74) is 0.394. The molecule has 4 nitrogen and oxygen atoms in total. The minimum absolute atomic E-state index is 0.545. The summed E-state index contributed by atoms with van der Waals surface area (Å²) in [5.74, 6) is 0. The lowest BCUT2D eigenvalue weighted by Gasteiger charge is -2.01. The first-order valence-electron chi connectivity index (χ1n) is 4.70. The minimum atomic E-state index is -0.639. The molecule has 16 heavy (non-hydrogen) atoms. The predicted molar refractivity (Wildman–Crippen MR) is 61.9 cm³/mol. The fourth-order valence-electron chi connectivity index (χ4n) is 1.37. The third-order valence-electron chi connectivity index (χ3n) is 2.17. The Labute approximate surface area is 95.9 Å². The smallest absolute Gasteiger partial charge is 0.313 e. The standard InChI is InChI=1S/C11H9ClN2O2/c12-8-3-1-7(2-4-8)5-9-6-13-10(15)11(16)14-9/h1-4,6H,5H2,(H,13,15)(H,14,16). The predicted octanol–water partition coefficient (Wildman–Crippen LogP) is 1.31. The lowest BCUT2D eigenvalue weighted by Crippen LogP contribution is -2.29. The van der Waals surface area contributed by atoms with Crippen LogP contribution in [0.25, 0.3) is 0 Å². The zero-order chi connectivity index (χ0) is 11.5. The largest absolute Gasteiger partial charge is 0.323 e. The van der Waals surface area contributed by atoms with Gasteiger partial charge in [0.1, 0.15) is 0 Å². The highest BCUT2D eigenvalue weighted by Crippen LogP contribution is 2.11. The van der Waals surface area contributed by atoms with E-state index in [0.717, 1.165) is 5.56 Å². The fourth-order valence-corrected chi connectivity index (χ4v) is 1.50. The van der Waals surface area contributed by atoms with Crippen LogP contribution in [-0.2, 0) is 6.42 Å². The highest BCUT2D eigenvalue weighted by Gasteiger charge is 1.99. The SMILES string of the molecule is O=c1[nH]cc(Cc2ccc(Cl)cc2)[nH]c1=O. The van der Waals surface area contributed by atoms with E-state index in [-0.39, 0.29) is 0 Å². The molecular weight excluding hydrogens is 228 g/mol. The van der Waals surface area contributed by atoms with Crippen LogP contribution in [0.3, 0.4) is 0 Å². The molecule has 1 aromatic heterocycles. The van der Waals surface area contributed by atoms with E-state index in [9.17, 15) is 9.59 Å². The molecule has 0 unspecified atom stereocenters. The van der Waals surface area contributed by atoms with Crippen molar-refractivity contribution < 1.29 is 0 Å². The number of hydrogen-bond acceptors (Lipinski definition) is 2. The Kier molecular flexibility index (Phi) is 2.92. The van der Waals surface area contributed by atoms with Crippen LogP contribution in [0.1, 0.15) is 11.3 Å². The van der Waals surface area contributed by atoms with Crippen LogP contribution in [0, 0.1) is 0 Å². The molecule has 0 spiro atoms. The first-order chi connectivity index (χ1) is 7.65. The van der Waals surface area contributed by atoms with Gasteiger partial charge in [-0.15, -0.1) is 0 Å². The molecule has 0 aliphatic heterocycles. The number of aromatic amines is 2. The van der Waals surface area contributed by atoms with Gasteiger partial charge in [0.25, 0.3) is 0 Å². The molecule has 2 N–H and O–H groups in total. The van der Waals surface area contributed by atoms with E-state index in [1.54, 1.807) is 12.1 Å². The van der Waals surface area contributed by atoms with E-state index in [2.05, 4.69) is 9.97 Å². The Morgan fingerprint density at radius 2 is 1.75 bits per heavy atom. The summed E-state index contributed by atoms with van der Waals surface area (Å²) in [6.45, 7) is 0. The second-order valence-corrected chi connectivity index (χ2v) is 3.84. The minimum Gasteiger partial charge on any atom is -0.323 e. The van der Waals surface area contributed by atoms with Crippen molar-refractivity contribution in [1.29, 1.82) is 0 Å². The monoisotopic (exact) mass is 236 g/mol. The van der Waals surface area contributed by atoms with Crippen LogP contribution in [0.15, 0.2) is 40.1 Å². The normalized spacial score (nSPS) is 10.3. The maximum Gasteiger partial charge on any atom is 0.313 e. The van der Waals surface area contributed by atoms with Gasteiger partial charge in [-0.1, -0.05) is 23.7 Å². The van der Waals surface area contributed by atoms with Gasteiger partial charge in [0, 0.05) is 23.3 Å². The number of nitrogens with one attached hydrogen (secondary N) is 2. The fraction of sp³-hybridized carbons (Fsp3) is 0.0909. The second-order valence-electron chi connectivity index (χ2n) is 3.40. The summed E-state index contributed by atoms with van der Waals surface area (Å²) in [6, 6.07) is 7.29. The third-order valence-corrected chi connectivity index (χ3v) is 2.42. The first kappa shape index (κ1) is 10.7. The summed E-state index contributed by atoms with van der Waals surface area (Å²) in [6.07, 6.45) is 2.04. The molecule has 0 aliphatic carbocycles. The van der Waals surface area contributed by atoms with Crippen molar-refractivity contribution in [2.24, 2.45) is 0 Å². The zero-order valence-electron chi connectivity index (χ0n) is 8.29. The third kappa shape index (κ3) is 2.41. The molecule has 0 atom stereocenters. The Morgan fingerprint density at radius 1 is 1.06 bits per heavy atom. The second kappa shape index (κ2) is 4.37. The van der Waals surface area contributed by atoms with Crippen LogP contribution in [0.5, 0.6) is 0 Å². The highest BCUT2D eigenvalue weighted by molar-refractivity contribution is 6.30. The lowest BCUT2D eigenvalue weighted by atomic mass is 10.1. The molecule has 0 bridgehead atoms. The van der Waals surface area contributed by atoms with Gasteiger partial charge in [0.15, 0.2) is 0 Å². The molecule has 1 heterocycles. The van der Waals surface area contributed by atoms with Crippen molar-refractivity contribution >= 4 is 11.6 Å². The Hall–Kier alpha value is -1.81. The summed E-state index contributed by atoms with van der Waals surface area (Å²) in [5, 5.41) is 0.665. The summed E-state index contributed by atoms with van der Waals surface area (Å²) < 4.78 is 0. The van der Waals surface area contributed by atoms with Crippen molar-refractivity contribution in [3.63, 3.8) is 0 Å². The Balaban J connectivity index is 2.27. The zero-order valence-corrected chi connectivity index (χ0v) is 9.04. The van der Waals surface area contributed by atoms with Crippen LogP contribution >= 0.6 is 11.6 Å². The number of hydrogen-bond donors (Lipinski definition) is 2. The van der Waals surface area contributed by atoms with Gasteiger partial charge < -0.3 is 9.97 Å². The van der Waals surface area contributed by atoms with E-state index in [1.165, 1.54) is 6.20 Å². The molecule has 0 radical (unpaired) electrons. The van der Waals surface area contributed by atoms with E-state index >= 15 is 0 Å². The van der Waals surface area contributed by atoms with Crippen LogP contribution in [0.2, 0.25) is 5.02 Å². The topological polar surface area (TPSA) is 65.7 Å². The molecule has 0 aliphatic rings. The highest BCUT2D eigenvalue weighted by atomic mass is 35.5. The van der Waals surface area contributed by atoms with Gasteiger partial charge >= 0.3 is 11.1 Å². The Bertz CT molecular complexity index is 598. The molecule has 1 aromatic carbocycles. The summed E-state index contributed by atoms with van der Waals surface area (Å²) in [4.78, 5) is 26.8. The van der Waals surface area contributed by atoms with Crippen molar-refractivity contribution in [2.45, 2.75) is 6.42 Å². The van der Waals surface area contributed by atoms with Gasteiger partial charge in [-0.2, -0.15) is 0 Å². The van der Waals surface area contributed by atoms with E-state index in [4.69, 9.17) is 11.6 Å². The average molecular weight is 237 g/mol. The Morgan fingerprint density at radius 3 is 2.38 bits per heavy atom. The maximum atomic E-state index is 11.1. The molecule has 82 valence electrons. The van der Waals surface area contributed by atoms with E-state index < -0.39 is 11.1 Å². The van der Waals surface area contributed by atoms with Crippen molar-refractivity contribution in [3.05, 3.63) is 67.4 Å². The quantitative estimate of drug-likeness (QED) is 0.772. The van der Waals surface area contributed by atoms with E-state index in [0.29, 0.717) is 17.1 Å². The van der Waals surface area contributed by atoms with Gasteiger partial charge in [-0.3, -0.25) is 9.59 Å². The van der Waals surface area contributed by atoms with Gasteiger partial charge in [-0.05, 0) is 17.7 Å². The molecule has 2 rings (SSSR count). The van der Waals surface area contributed by atoms with Crippen LogP contribution < -0.4 is 11.1 Å². The van der Waals surface area contributed by atoms with Crippen molar-refractivity contribution in [1.82, 2.24) is 9.97 Å². The van der Waals surface area contributed by atoms with Gasteiger partial charge in [0.2, 0.25) is 0 Å². The molecule has 0 fully saturated rings. The molecule has 2 aromatic rings. The number of rotatable bonds is 2. The summed E-state index contributed by atoms with van der Waals surface area (Å²) in [7, 11) is 0. The molecule has 0 amide bonds. The van der Waals surface area contributed by atoms with Crippen LogP contribution in [-0.4, -0.2) is 9.97 Å². The first-order valence-corrected chi connectivity index (χ1v) is 5.08. The molecular formula is C11H9ClN2O2. The molecule has 0 saturated heterocycles. The lowest BCUT2D eigenvalue weighted by molar-refractivity contribution is 0.971. The average Bonchev–Trinajstić information content (AvgIpc) is 2.27. The number of aromatic nitrogens is 2.